The van der Waals surface area contributed by atoms with E-state index in [9.17, 15) is 12.8 Å². The predicted molar refractivity (Wildman–Crippen MR) is 130 cm³/mol. The molecular formula is C23H17BrFNO2S3. The number of hydrogen-bond acceptors (Lipinski definition) is 5. The molecule has 4 aromatic rings. The Morgan fingerprint density at radius 1 is 0.935 bits per heavy atom. The van der Waals surface area contributed by atoms with Crippen LogP contribution in [0.2, 0.25) is 0 Å². The SMILES string of the molecule is CS(=O)(=O)c1ccc(-c2nc(SC(Br)c3ccccc3)sc2-c2ccc(F)cc2)cc1. The number of aromatic nitrogens is 1. The van der Waals surface area contributed by atoms with Crippen LogP contribution in [0.3, 0.4) is 0 Å². The van der Waals surface area contributed by atoms with Crippen LogP contribution in [0.4, 0.5) is 4.39 Å². The lowest BCUT2D eigenvalue weighted by atomic mass is 10.1. The summed E-state index contributed by atoms with van der Waals surface area (Å²) in [4.78, 5) is 6.01. The highest BCUT2D eigenvalue weighted by Gasteiger charge is 2.19. The molecule has 1 atom stereocenters. The third kappa shape index (κ3) is 5.26. The first-order valence-electron chi connectivity index (χ1n) is 9.24. The topological polar surface area (TPSA) is 47.0 Å². The molecule has 0 aliphatic carbocycles. The van der Waals surface area contributed by atoms with Gasteiger partial charge in [-0.2, -0.15) is 0 Å². The molecule has 0 spiro atoms. The predicted octanol–water partition coefficient (Wildman–Crippen LogP) is 7.21. The van der Waals surface area contributed by atoms with E-state index in [1.165, 1.54) is 29.7 Å². The average Bonchev–Trinajstić information content (AvgIpc) is 3.18. The van der Waals surface area contributed by atoms with Crippen molar-refractivity contribution >= 4 is 48.9 Å². The highest BCUT2D eigenvalue weighted by molar-refractivity contribution is 9.11. The summed E-state index contributed by atoms with van der Waals surface area (Å²) in [5, 5.41) is 0. The lowest BCUT2D eigenvalue weighted by molar-refractivity contribution is 0.602. The van der Waals surface area contributed by atoms with Crippen LogP contribution in [-0.4, -0.2) is 19.7 Å². The molecule has 0 fully saturated rings. The van der Waals surface area contributed by atoms with Gasteiger partial charge in [0.25, 0.3) is 0 Å². The van der Waals surface area contributed by atoms with E-state index in [0.717, 1.165) is 31.6 Å². The number of benzene rings is 3. The standard InChI is InChI=1S/C23H17BrFNO2S3/c1-31(27,28)19-13-9-15(10-14-19)20-21(16-7-11-18(25)12-8-16)29-23(26-20)30-22(24)17-5-3-2-4-6-17/h2-14,22H,1H3. The Morgan fingerprint density at radius 2 is 1.55 bits per heavy atom. The Bertz CT molecular complexity index is 1290. The van der Waals surface area contributed by atoms with Crippen molar-refractivity contribution in [1.29, 1.82) is 0 Å². The minimum Gasteiger partial charge on any atom is -0.229 e. The minimum absolute atomic E-state index is 0.0291. The Labute approximate surface area is 197 Å². The van der Waals surface area contributed by atoms with Crippen LogP contribution in [0.5, 0.6) is 0 Å². The Kier molecular flexibility index (Phi) is 6.62. The molecule has 1 heterocycles. The Balaban J connectivity index is 1.74. The summed E-state index contributed by atoms with van der Waals surface area (Å²) in [5.41, 5.74) is 3.54. The van der Waals surface area contributed by atoms with Crippen molar-refractivity contribution in [2.45, 2.75) is 13.4 Å². The Hall–Kier alpha value is -2.00. The van der Waals surface area contributed by atoms with Gasteiger partial charge in [0, 0.05) is 11.8 Å². The second-order valence-electron chi connectivity index (χ2n) is 6.81. The summed E-state index contributed by atoms with van der Waals surface area (Å²) in [6.07, 6.45) is 1.18. The zero-order chi connectivity index (χ0) is 22.0. The quantitative estimate of drug-likeness (QED) is 0.194. The first-order chi connectivity index (χ1) is 14.8. The second kappa shape index (κ2) is 9.24. The van der Waals surface area contributed by atoms with Crippen molar-refractivity contribution in [3.63, 3.8) is 0 Å². The number of nitrogens with zero attached hydrogens (tertiary/aromatic N) is 1. The first-order valence-corrected chi connectivity index (χ1v) is 13.7. The summed E-state index contributed by atoms with van der Waals surface area (Å²) in [5.74, 6) is -0.300. The molecule has 0 saturated carbocycles. The van der Waals surface area contributed by atoms with Gasteiger partial charge in [-0.3, -0.25) is 0 Å². The van der Waals surface area contributed by atoms with Gasteiger partial charge in [-0.25, -0.2) is 17.8 Å². The number of thiazole rings is 1. The van der Waals surface area contributed by atoms with E-state index in [4.69, 9.17) is 4.98 Å². The summed E-state index contributed by atoms with van der Waals surface area (Å²) in [6, 6.07) is 23.1. The molecule has 1 unspecified atom stereocenters. The van der Waals surface area contributed by atoms with E-state index in [2.05, 4.69) is 15.9 Å². The van der Waals surface area contributed by atoms with E-state index >= 15 is 0 Å². The number of hydrogen-bond donors (Lipinski definition) is 0. The second-order valence-corrected chi connectivity index (χ2v) is 12.7. The van der Waals surface area contributed by atoms with Crippen LogP contribution in [0.1, 0.15) is 9.72 Å². The molecule has 0 radical (unpaired) electrons. The lowest BCUT2D eigenvalue weighted by Gasteiger charge is -2.07. The van der Waals surface area contributed by atoms with Crippen LogP contribution in [0, 0.1) is 5.82 Å². The van der Waals surface area contributed by atoms with Crippen molar-refractivity contribution in [2.24, 2.45) is 0 Å². The van der Waals surface area contributed by atoms with Crippen LogP contribution in [0.15, 0.2) is 88.1 Å². The van der Waals surface area contributed by atoms with Crippen LogP contribution in [-0.2, 0) is 9.84 Å². The maximum Gasteiger partial charge on any atom is 0.175 e. The highest BCUT2D eigenvalue weighted by Crippen LogP contribution is 2.46. The summed E-state index contributed by atoms with van der Waals surface area (Å²) < 4.78 is 38.0. The van der Waals surface area contributed by atoms with Gasteiger partial charge in [-0.1, -0.05) is 82.3 Å². The van der Waals surface area contributed by atoms with Gasteiger partial charge in [0.1, 0.15) is 5.82 Å². The monoisotopic (exact) mass is 533 g/mol. The van der Waals surface area contributed by atoms with Gasteiger partial charge in [0.05, 0.1) is 19.6 Å². The normalized spacial score (nSPS) is 12.6. The van der Waals surface area contributed by atoms with E-state index in [1.807, 2.05) is 30.3 Å². The zero-order valence-electron chi connectivity index (χ0n) is 16.3. The third-order valence-corrected chi connectivity index (χ3v) is 8.96. The number of alkyl halides is 1. The van der Waals surface area contributed by atoms with Gasteiger partial charge in [0.15, 0.2) is 14.2 Å². The number of halogens is 2. The van der Waals surface area contributed by atoms with Gasteiger partial charge >= 0.3 is 0 Å². The largest absolute Gasteiger partial charge is 0.229 e. The molecule has 0 aliphatic rings. The molecule has 0 saturated heterocycles. The van der Waals surface area contributed by atoms with Gasteiger partial charge in [0.2, 0.25) is 0 Å². The number of sulfone groups is 1. The maximum absolute atomic E-state index is 13.5. The highest BCUT2D eigenvalue weighted by atomic mass is 79.9. The van der Waals surface area contributed by atoms with Crippen LogP contribution < -0.4 is 0 Å². The summed E-state index contributed by atoms with van der Waals surface area (Å²) >= 11 is 6.84. The minimum atomic E-state index is -3.28. The van der Waals surface area contributed by atoms with Crippen molar-refractivity contribution in [3.8, 4) is 21.7 Å². The van der Waals surface area contributed by atoms with Crippen LogP contribution >= 0.6 is 39.0 Å². The molecule has 1 aromatic heterocycles. The van der Waals surface area contributed by atoms with Crippen molar-refractivity contribution in [2.75, 3.05) is 6.26 Å². The van der Waals surface area contributed by atoms with E-state index < -0.39 is 9.84 Å². The molecule has 4 rings (SSSR count). The van der Waals surface area contributed by atoms with Gasteiger partial charge in [-0.05, 0) is 35.4 Å². The number of thioether (sulfide) groups is 1. The maximum atomic E-state index is 13.5. The van der Waals surface area contributed by atoms with E-state index in [1.54, 1.807) is 48.2 Å². The van der Waals surface area contributed by atoms with Gasteiger partial charge in [-0.15, -0.1) is 11.3 Å². The molecule has 0 bridgehead atoms. The van der Waals surface area contributed by atoms with E-state index in [0.29, 0.717) is 0 Å². The fraction of sp³-hybridized carbons (Fsp3) is 0.0870. The van der Waals surface area contributed by atoms with Crippen molar-refractivity contribution in [1.82, 2.24) is 4.98 Å². The molecule has 31 heavy (non-hydrogen) atoms. The van der Waals surface area contributed by atoms with Crippen molar-refractivity contribution < 1.29 is 12.8 Å². The van der Waals surface area contributed by atoms with E-state index in [-0.39, 0.29) is 14.9 Å². The molecule has 158 valence electrons. The average molecular weight is 534 g/mol. The molecular weight excluding hydrogens is 517 g/mol. The summed E-state index contributed by atoms with van der Waals surface area (Å²) in [7, 11) is -3.28. The third-order valence-electron chi connectivity index (χ3n) is 4.54. The Morgan fingerprint density at radius 3 is 2.16 bits per heavy atom. The smallest absolute Gasteiger partial charge is 0.175 e. The molecule has 0 amide bonds. The zero-order valence-corrected chi connectivity index (χ0v) is 20.4. The molecule has 8 heteroatoms. The fourth-order valence-electron chi connectivity index (χ4n) is 2.96. The first kappa shape index (κ1) is 22.2. The number of rotatable bonds is 6. The molecule has 0 aliphatic heterocycles. The molecule has 0 N–H and O–H groups in total. The lowest BCUT2D eigenvalue weighted by Crippen LogP contribution is -1.96. The summed E-state index contributed by atoms with van der Waals surface area (Å²) in [6.45, 7) is 0. The fourth-order valence-corrected chi connectivity index (χ4v) is 6.97. The van der Waals surface area contributed by atoms with Gasteiger partial charge < -0.3 is 0 Å². The van der Waals surface area contributed by atoms with Crippen LogP contribution in [0.25, 0.3) is 21.7 Å². The molecule has 3 aromatic carbocycles. The molecule has 3 nitrogen and oxygen atoms in total. The van der Waals surface area contributed by atoms with Crippen molar-refractivity contribution in [3.05, 3.63) is 90.2 Å².